The van der Waals surface area contributed by atoms with Gasteiger partial charge >= 0.3 is 11.9 Å². The smallest absolute Gasteiger partial charge is 0.338 e. The minimum Gasteiger partial charge on any atom is -0.493 e. The number of benzene rings is 2. The van der Waals surface area contributed by atoms with Crippen molar-refractivity contribution in [1.29, 1.82) is 0 Å². The van der Waals surface area contributed by atoms with Gasteiger partial charge in [-0.15, -0.1) is 0 Å². The van der Waals surface area contributed by atoms with E-state index in [1.165, 1.54) is 35.5 Å². The fourth-order valence-corrected chi connectivity index (χ4v) is 7.38. The molecular formula is C43H70N2O11Si. The standard InChI is InChI=1S/C43H70N2O11Si/c1-42(2,3)56-41(47)32-29-36(50-9)39(52-11)37(30-32)53-25-14-17-33(55-40(46)31-27-34(48-7)38(51-10)35(28-31)49-8)18-22-45-20-15-19-44(23-24-45)21-16-26-54-57(12,13)43(4,5)6/h27-30,33H,14-26H2,1-13H3. The van der Waals surface area contributed by atoms with E-state index in [-0.39, 0.29) is 17.2 Å². The molecule has 0 saturated carbocycles. The molecule has 0 aliphatic carbocycles. The van der Waals surface area contributed by atoms with Crippen LogP contribution < -0.4 is 28.4 Å². The highest BCUT2D eigenvalue weighted by Crippen LogP contribution is 2.40. The molecular weight excluding hydrogens is 749 g/mol. The van der Waals surface area contributed by atoms with E-state index >= 15 is 0 Å². The summed E-state index contributed by atoms with van der Waals surface area (Å²) in [4.78, 5) is 31.6. The molecule has 0 N–H and O–H groups in total. The largest absolute Gasteiger partial charge is 0.493 e. The summed E-state index contributed by atoms with van der Waals surface area (Å²) in [6, 6.07) is 6.37. The summed E-state index contributed by atoms with van der Waals surface area (Å²) < 4.78 is 52.0. The zero-order chi connectivity index (χ0) is 42.4. The predicted octanol–water partition coefficient (Wildman–Crippen LogP) is 7.88. The molecule has 2 aromatic carbocycles. The maximum Gasteiger partial charge on any atom is 0.338 e. The van der Waals surface area contributed by atoms with Gasteiger partial charge in [0.25, 0.3) is 0 Å². The van der Waals surface area contributed by atoms with Gasteiger partial charge in [-0.3, -0.25) is 0 Å². The predicted molar refractivity (Wildman–Crippen MR) is 225 cm³/mol. The van der Waals surface area contributed by atoms with Gasteiger partial charge in [0.1, 0.15) is 11.7 Å². The summed E-state index contributed by atoms with van der Waals surface area (Å²) in [7, 11) is 5.80. The molecule has 14 heteroatoms. The Morgan fingerprint density at radius 1 is 0.649 bits per heavy atom. The molecule has 0 spiro atoms. The van der Waals surface area contributed by atoms with Crippen LogP contribution in [-0.2, 0) is 13.9 Å². The van der Waals surface area contributed by atoms with Gasteiger partial charge in [0.2, 0.25) is 11.5 Å². The highest BCUT2D eigenvalue weighted by Gasteiger charge is 2.37. The number of carbonyl (C=O) groups excluding carboxylic acids is 2. The number of methoxy groups -OCH3 is 5. The maximum absolute atomic E-state index is 13.7. The Labute approximate surface area is 342 Å². The van der Waals surface area contributed by atoms with E-state index in [4.69, 9.17) is 42.3 Å². The molecule has 0 radical (unpaired) electrons. The highest BCUT2D eigenvalue weighted by atomic mass is 28.4. The van der Waals surface area contributed by atoms with Crippen LogP contribution in [0.4, 0.5) is 0 Å². The van der Waals surface area contributed by atoms with Crippen LogP contribution in [0.15, 0.2) is 24.3 Å². The number of nitrogens with zero attached hydrogens (tertiary/aromatic N) is 2. The Morgan fingerprint density at radius 2 is 1.16 bits per heavy atom. The molecule has 2 aromatic rings. The average molecular weight is 819 g/mol. The van der Waals surface area contributed by atoms with Crippen molar-refractivity contribution >= 4 is 20.3 Å². The van der Waals surface area contributed by atoms with E-state index in [1.807, 2.05) is 20.8 Å². The van der Waals surface area contributed by atoms with Gasteiger partial charge in [-0.2, -0.15) is 0 Å². The van der Waals surface area contributed by atoms with Crippen LogP contribution in [0.1, 0.15) is 94.4 Å². The molecule has 0 bridgehead atoms. The van der Waals surface area contributed by atoms with Crippen LogP contribution in [0.2, 0.25) is 18.1 Å². The summed E-state index contributed by atoms with van der Waals surface area (Å²) >= 11 is 0. The zero-order valence-corrected chi connectivity index (χ0v) is 38.0. The minimum atomic E-state index is -1.75. The molecule has 1 unspecified atom stereocenters. The number of hydrogen-bond donors (Lipinski definition) is 0. The third kappa shape index (κ3) is 14.6. The first-order chi connectivity index (χ1) is 26.9. The SMILES string of the molecule is COc1cc(C(=O)OC(CCCOc2cc(C(=O)OC(C)(C)C)cc(OC)c2OC)CCN2CCCN(CCCO[Si](C)(C)C(C)(C)C)CC2)cc(OC)c1OC. The second-order valence-corrected chi connectivity index (χ2v) is 21.7. The van der Waals surface area contributed by atoms with Gasteiger partial charge in [-0.25, -0.2) is 9.59 Å². The zero-order valence-electron chi connectivity index (χ0n) is 37.0. The van der Waals surface area contributed by atoms with Gasteiger partial charge in [0, 0.05) is 32.8 Å². The second-order valence-electron chi connectivity index (χ2n) is 16.9. The minimum absolute atomic E-state index is 0.209. The normalized spacial score (nSPS) is 15.0. The number of ether oxygens (including phenoxy) is 8. The first kappa shape index (κ1) is 47.7. The van der Waals surface area contributed by atoms with E-state index in [9.17, 15) is 9.59 Å². The van der Waals surface area contributed by atoms with Crippen molar-refractivity contribution in [2.45, 2.75) is 103 Å². The van der Waals surface area contributed by atoms with Crippen LogP contribution in [0, 0.1) is 0 Å². The summed E-state index contributed by atoms with van der Waals surface area (Å²) in [6.07, 6.45) is 3.42. The van der Waals surface area contributed by atoms with Gasteiger partial charge in [-0.1, -0.05) is 20.8 Å². The van der Waals surface area contributed by atoms with Crippen LogP contribution in [-0.4, -0.2) is 130 Å². The van der Waals surface area contributed by atoms with Crippen molar-refractivity contribution in [3.63, 3.8) is 0 Å². The molecule has 1 saturated heterocycles. The molecule has 57 heavy (non-hydrogen) atoms. The Bertz CT molecular complexity index is 1560. The molecule has 1 aliphatic heterocycles. The van der Waals surface area contributed by atoms with E-state index in [0.29, 0.717) is 59.3 Å². The molecule has 322 valence electrons. The van der Waals surface area contributed by atoms with Crippen molar-refractivity contribution < 1.29 is 51.9 Å². The Morgan fingerprint density at radius 3 is 1.67 bits per heavy atom. The van der Waals surface area contributed by atoms with E-state index in [2.05, 4.69) is 43.7 Å². The quantitative estimate of drug-likeness (QED) is 0.0690. The van der Waals surface area contributed by atoms with Gasteiger partial charge < -0.3 is 52.1 Å². The Balaban J connectivity index is 1.70. The average Bonchev–Trinajstić information content (AvgIpc) is 3.39. The van der Waals surface area contributed by atoms with Crippen LogP contribution in [0.5, 0.6) is 34.5 Å². The Hall–Kier alpha value is -3.72. The molecule has 1 heterocycles. The van der Waals surface area contributed by atoms with Crippen LogP contribution in [0.25, 0.3) is 0 Å². The third-order valence-corrected chi connectivity index (χ3v) is 15.1. The van der Waals surface area contributed by atoms with Gasteiger partial charge in [-0.05, 0) is 108 Å². The van der Waals surface area contributed by atoms with E-state index in [0.717, 1.165) is 58.7 Å². The van der Waals surface area contributed by atoms with E-state index < -0.39 is 32.0 Å². The third-order valence-electron chi connectivity index (χ3n) is 10.5. The summed E-state index contributed by atoms with van der Waals surface area (Å²) in [5.74, 6) is 1.21. The highest BCUT2D eigenvalue weighted by molar-refractivity contribution is 6.74. The lowest BCUT2D eigenvalue weighted by Gasteiger charge is -2.36. The van der Waals surface area contributed by atoms with Crippen molar-refractivity contribution in [2.24, 2.45) is 0 Å². The summed E-state index contributed by atoms with van der Waals surface area (Å²) in [5.41, 5.74) is -0.0957. The van der Waals surface area contributed by atoms with Crippen molar-refractivity contribution in [3.8, 4) is 34.5 Å². The molecule has 1 fully saturated rings. The molecule has 1 aliphatic rings. The Kier molecular flexibility index (Phi) is 18.3. The van der Waals surface area contributed by atoms with Gasteiger partial charge in [0.15, 0.2) is 31.3 Å². The van der Waals surface area contributed by atoms with Crippen molar-refractivity contribution in [1.82, 2.24) is 9.80 Å². The lowest BCUT2D eigenvalue weighted by Crippen LogP contribution is -2.41. The lowest BCUT2D eigenvalue weighted by atomic mass is 10.1. The lowest BCUT2D eigenvalue weighted by molar-refractivity contribution is 0.00681. The molecule has 1 atom stereocenters. The number of esters is 2. The number of hydrogen-bond acceptors (Lipinski definition) is 13. The van der Waals surface area contributed by atoms with Crippen molar-refractivity contribution in [3.05, 3.63) is 35.4 Å². The molecule has 0 amide bonds. The van der Waals surface area contributed by atoms with Crippen LogP contribution >= 0.6 is 0 Å². The van der Waals surface area contributed by atoms with Gasteiger partial charge in [0.05, 0.1) is 53.3 Å². The maximum atomic E-state index is 13.7. The van der Waals surface area contributed by atoms with E-state index in [1.54, 1.807) is 24.3 Å². The van der Waals surface area contributed by atoms with Crippen molar-refractivity contribution in [2.75, 3.05) is 88.0 Å². The first-order valence-corrected chi connectivity index (χ1v) is 23.0. The fraction of sp³-hybridized carbons (Fsp3) is 0.674. The molecule has 3 rings (SSSR count). The molecule has 13 nitrogen and oxygen atoms in total. The first-order valence-electron chi connectivity index (χ1n) is 20.1. The molecule has 0 aromatic heterocycles. The fourth-order valence-electron chi connectivity index (χ4n) is 6.30. The summed E-state index contributed by atoms with van der Waals surface area (Å²) in [6.45, 7) is 23.7. The monoisotopic (exact) mass is 818 g/mol. The van der Waals surface area contributed by atoms with Crippen LogP contribution in [0.3, 0.4) is 0 Å². The number of rotatable bonds is 21. The second kappa shape index (κ2) is 21.9. The number of carbonyl (C=O) groups is 2. The topological polar surface area (TPSA) is 124 Å². The summed E-state index contributed by atoms with van der Waals surface area (Å²) in [5, 5.41) is 0.209.